The third kappa shape index (κ3) is 7.48. The van der Waals surface area contributed by atoms with Crippen LogP contribution in [0.5, 0.6) is 0 Å². The third-order valence-electron chi connectivity index (χ3n) is 9.09. The number of nitrogens with one attached hydrogen (secondary N) is 1. The van der Waals surface area contributed by atoms with Gasteiger partial charge in [-0.25, -0.2) is 9.78 Å². The Morgan fingerprint density at radius 2 is 1.70 bits per heavy atom. The molecule has 4 heterocycles. The Bertz CT molecular complexity index is 1320. The van der Waals surface area contributed by atoms with Crippen molar-refractivity contribution >= 4 is 17.4 Å². The molecule has 8 nitrogen and oxygen atoms in total. The molecule has 2 fully saturated rings. The monoisotopic (exact) mass is 588 g/mol. The number of amides is 2. The van der Waals surface area contributed by atoms with E-state index in [1.165, 1.54) is 42.0 Å². The number of urea groups is 1. The first-order valence-corrected chi connectivity index (χ1v) is 16.3. The van der Waals surface area contributed by atoms with Crippen molar-refractivity contribution in [3.8, 4) is 0 Å². The Labute approximate surface area is 259 Å². The lowest BCUT2D eigenvalue weighted by atomic mass is 9.81. The van der Waals surface area contributed by atoms with E-state index in [9.17, 15) is 10.0 Å². The summed E-state index contributed by atoms with van der Waals surface area (Å²) < 4.78 is 2.51. The van der Waals surface area contributed by atoms with E-state index < -0.39 is 0 Å². The summed E-state index contributed by atoms with van der Waals surface area (Å²) in [6.45, 7) is 11.3. The number of para-hydroxylation sites is 1. The van der Waals surface area contributed by atoms with Gasteiger partial charge in [0.1, 0.15) is 5.82 Å². The van der Waals surface area contributed by atoms with Gasteiger partial charge in [-0.2, -0.15) is 5.06 Å². The Hall–Kier alpha value is -3.20. The Kier molecular flexibility index (Phi) is 10.5. The highest BCUT2D eigenvalue weighted by Gasteiger charge is 2.40. The van der Waals surface area contributed by atoms with E-state index in [4.69, 9.17) is 4.98 Å². The van der Waals surface area contributed by atoms with Crippen molar-refractivity contribution in [1.82, 2.24) is 19.5 Å². The molecule has 1 aromatic heterocycles. The topological polar surface area (TPSA) is 76.9 Å². The van der Waals surface area contributed by atoms with Crippen LogP contribution in [0.1, 0.15) is 89.0 Å². The summed E-state index contributed by atoms with van der Waals surface area (Å²) in [7, 11) is 0. The molecular formula is C35H52N6O2. The SMILES string of the molecule is CCC.Cc1ccc(NC(=O)N(CCCN2[C@@H]3CCC[C@H]2CC(n2c(C)nc4c2CCN(O)C4)C3)c2ccccc2)cc1.[HH]. The highest BCUT2D eigenvalue weighted by atomic mass is 16.5. The van der Waals surface area contributed by atoms with E-state index in [1.54, 1.807) is 0 Å². The second-order valence-electron chi connectivity index (χ2n) is 12.5. The molecule has 0 aliphatic carbocycles. The predicted octanol–water partition coefficient (Wildman–Crippen LogP) is 7.60. The van der Waals surface area contributed by atoms with Crippen LogP contribution in [0.4, 0.5) is 16.2 Å². The largest absolute Gasteiger partial charge is 0.329 e. The van der Waals surface area contributed by atoms with Crippen LogP contribution in [-0.2, 0) is 13.0 Å². The molecule has 1 unspecified atom stereocenters. The maximum atomic E-state index is 13.4. The lowest BCUT2D eigenvalue weighted by Crippen LogP contribution is -2.53. The van der Waals surface area contributed by atoms with Crippen LogP contribution in [0.3, 0.4) is 0 Å². The van der Waals surface area contributed by atoms with Gasteiger partial charge in [0.05, 0.1) is 12.2 Å². The van der Waals surface area contributed by atoms with E-state index in [0.29, 0.717) is 37.8 Å². The average molecular weight is 589 g/mol. The average Bonchev–Trinajstić information content (AvgIpc) is 3.31. The van der Waals surface area contributed by atoms with E-state index in [2.05, 4.69) is 35.6 Å². The number of imidazole rings is 1. The lowest BCUT2D eigenvalue weighted by Gasteiger charge is -2.50. The summed E-state index contributed by atoms with van der Waals surface area (Å²) in [4.78, 5) is 22.9. The van der Waals surface area contributed by atoms with Crippen LogP contribution in [0.15, 0.2) is 54.6 Å². The maximum Gasteiger partial charge on any atom is 0.326 e. The Balaban J connectivity index is 0.00000106. The molecule has 3 aliphatic rings. The van der Waals surface area contributed by atoms with Gasteiger partial charge in [0.25, 0.3) is 0 Å². The minimum Gasteiger partial charge on any atom is -0.329 e. The smallest absolute Gasteiger partial charge is 0.326 e. The van der Waals surface area contributed by atoms with Gasteiger partial charge in [-0.15, -0.1) is 0 Å². The minimum atomic E-state index is -0.0873. The fourth-order valence-electron chi connectivity index (χ4n) is 7.23. The number of nitrogens with zero attached hydrogens (tertiary/aromatic N) is 5. The maximum absolute atomic E-state index is 13.4. The number of carbonyl (C=O) groups is 1. The summed E-state index contributed by atoms with van der Waals surface area (Å²) in [6.07, 6.45) is 9.13. The molecule has 3 aromatic rings. The molecule has 8 heteroatoms. The fraction of sp³-hybridized carbons (Fsp3) is 0.543. The van der Waals surface area contributed by atoms with E-state index in [0.717, 1.165) is 55.1 Å². The van der Waals surface area contributed by atoms with Crippen LogP contribution in [0.25, 0.3) is 0 Å². The lowest BCUT2D eigenvalue weighted by molar-refractivity contribution is -0.104. The minimum absolute atomic E-state index is 0. The zero-order valence-corrected chi connectivity index (χ0v) is 26.5. The van der Waals surface area contributed by atoms with Crippen LogP contribution in [-0.4, -0.2) is 62.5 Å². The van der Waals surface area contributed by atoms with Gasteiger partial charge in [0.15, 0.2) is 0 Å². The van der Waals surface area contributed by atoms with Crippen LogP contribution in [0, 0.1) is 13.8 Å². The number of rotatable bonds is 7. The van der Waals surface area contributed by atoms with E-state index >= 15 is 0 Å². The highest BCUT2D eigenvalue weighted by molar-refractivity contribution is 6.01. The molecule has 2 aromatic carbocycles. The quantitative estimate of drug-likeness (QED) is 0.297. The molecule has 3 atom stereocenters. The van der Waals surface area contributed by atoms with Crippen molar-refractivity contribution in [2.24, 2.45) is 0 Å². The molecule has 0 saturated carbocycles. The van der Waals surface area contributed by atoms with Crippen LogP contribution < -0.4 is 10.2 Å². The number of piperidine rings is 2. The van der Waals surface area contributed by atoms with Gasteiger partial charge in [-0.05, 0) is 70.2 Å². The van der Waals surface area contributed by atoms with Crippen molar-refractivity contribution in [2.75, 3.05) is 29.9 Å². The van der Waals surface area contributed by atoms with Crippen LogP contribution >= 0.6 is 0 Å². The second-order valence-corrected chi connectivity index (χ2v) is 12.5. The van der Waals surface area contributed by atoms with Crippen molar-refractivity contribution < 1.29 is 11.4 Å². The molecule has 0 radical (unpaired) electrons. The van der Waals surface area contributed by atoms with Gasteiger partial charge < -0.3 is 15.1 Å². The number of carbonyl (C=O) groups excluding carboxylic acids is 1. The molecule has 2 N–H and O–H groups in total. The molecule has 6 rings (SSSR count). The van der Waals surface area contributed by atoms with Gasteiger partial charge in [-0.3, -0.25) is 9.80 Å². The number of hydrogen-bond acceptors (Lipinski definition) is 5. The first kappa shape index (κ1) is 31.2. The Morgan fingerprint density at radius 1 is 1.02 bits per heavy atom. The van der Waals surface area contributed by atoms with Crippen molar-refractivity contribution in [3.63, 3.8) is 0 Å². The molecule has 2 bridgehead atoms. The number of aryl methyl sites for hydroxylation is 2. The highest BCUT2D eigenvalue weighted by Crippen LogP contribution is 2.41. The first-order valence-electron chi connectivity index (χ1n) is 16.3. The summed E-state index contributed by atoms with van der Waals surface area (Å²) >= 11 is 0. The normalized spacial score (nSPS) is 21.8. The van der Waals surface area contributed by atoms with Crippen LogP contribution in [0.2, 0.25) is 0 Å². The van der Waals surface area contributed by atoms with Crippen molar-refractivity contribution in [2.45, 2.75) is 104 Å². The number of benzene rings is 2. The molecule has 3 aliphatic heterocycles. The van der Waals surface area contributed by atoms with Gasteiger partial charge in [0.2, 0.25) is 0 Å². The predicted molar refractivity (Wildman–Crippen MR) is 176 cm³/mol. The fourth-order valence-corrected chi connectivity index (χ4v) is 7.23. The molecular weight excluding hydrogens is 536 g/mol. The second kappa shape index (κ2) is 14.5. The molecule has 2 saturated heterocycles. The van der Waals surface area contributed by atoms with E-state index in [1.807, 2.05) is 66.4 Å². The van der Waals surface area contributed by atoms with Gasteiger partial charge in [0, 0.05) is 62.7 Å². The number of hydrogen-bond donors (Lipinski definition) is 2. The zero-order chi connectivity index (χ0) is 30.3. The number of aromatic nitrogens is 2. The molecule has 43 heavy (non-hydrogen) atoms. The molecule has 0 spiro atoms. The summed E-state index contributed by atoms with van der Waals surface area (Å²) in [5.74, 6) is 1.09. The zero-order valence-electron chi connectivity index (χ0n) is 26.5. The summed E-state index contributed by atoms with van der Waals surface area (Å²) in [5.41, 5.74) is 5.29. The van der Waals surface area contributed by atoms with Gasteiger partial charge >= 0.3 is 6.03 Å². The van der Waals surface area contributed by atoms with Gasteiger partial charge in [-0.1, -0.05) is 62.6 Å². The Morgan fingerprint density at radius 3 is 2.37 bits per heavy atom. The number of anilines is 2. The number of hydroxylamine groups is 2. The summed E-state index contributed by atoms with van der Waals surface area (Å²) in [6, 6.07) is 19.5. The first-order chi connectivity index (χ1) is 20.9. The van der Waals surface area contributed by atoms with Crippen molar-refractivity contribution in [1.29, 1.82) is 0 Å². The van der Waals surface area contributed by atoms with Crippen molar-refractivity contribution in [3.05, 3.63) is 77.4 Å². The molecule has 2 amide bonds. The molecule has 234 valence electrons. The third-order valence-corrected chi connectivity index (χ3v) is 9.09. The number of fused-ring (bicyclic) bond motifs is 3. The van der Waals surface area contributed by atoms with E-state index in [-0.39, 0.29) is 7.46 Å². The summed E-state index contributed by atoms with van der Waals surface area (Å²) in [5, 5.41) is 14.5. The standard InChI is InChI=1S/C32H42N6O2.C3H8.H2/c1-23-12-14-25(15-13-23)34-32(39)37(26-8-4-3-5-9-26)18-7-17-36-27-10-6-11-28(36)21-29(20-27)38-24(2)33-30-22-35(40)19-16-31(30)38;1-3-2;/h3-5,8-9,12-15,27-29,40H,6-7,10-11,16-22H2,1-2H3,(H,34,39);3H2,1-2H3;1H/t27-,28+,29?;;.